The van der Waals surface area contributed by atoms with Gasteiger partial charge in [0, 0.05) is 19.3 Å². The Morgan fingerprint density at radius 2 is 1.50 bits per heavy atom. The van der Waals surface area contributed by atoms with Gasteiger partial charge >= 0.3 is 0 Å². The fraction of sp³-hybridized carbons (Fsp3) is 0.250. The van der Waals surface area contributed by atoms with Crippen LogP contribution in [0.4, 0.5) is 5.69 Å². The maximum Gasteiger partial charge on any atom is 0.0671 e. The number of para-hydroxylation sites is 1. The van der Waals surface area contributed by atoms with E-state index in [2.05, 4.69) is 83.7 Å². The smallest absolute Gasteiger partial charge is 0.0671 e. The molecule has 2 heteroatoms. The van der Waals surface area contributed by atoms with Crippen molar-refractivity contribution in [3.63, 3.8) is 0 Å². The van der Waals surface area contributed by atoms with Crippen LogP contribution in [0.2, 0.25) is 0 Å². The molecule has 2 aliphatic rings. The number of fused-ring (bicyclic) bond motifs is 6. The lowest BCUT2D eigenvalue weighted by atomic mass is 9.86. The Bertz CT molecular complexity index is 1220. The second-order valence-electron chi connectivity index (χ2n) is 8.43. The van der Waals surface area contributed by atoms with Crippen LogP contribution in [0.1, 0.15) is 29.5 Å². The molecule has 0 spiro atoms. The maximum atomic E-state index is 4.37. The molecule has 4 aromatic rings. The quantitative estimate of drug-likeness (QED) is 0.304. The Hall–Kier alpha value is -2.97. The van der Waals surface area contributed by atoms with Gasteiger partial charge in [0.1, 0.15) is 0 Å². The van der Waals surface area contributed by atoms with Gasteiger partial charge in [-0.3, -0.25) is 9.89 Å². The summed E-state index contributed by atoms with van der Waals surface area (Å²) in [4.78, 5) is 6.62. The summed E-state index contributed by atoms with van der Waals surface area (Å²) in [5.74, 6) is 0. The molecular formula is C28H28N2. The highest BCUT2D eigenvalue weighted by molar-refractivity contribution is 6.08. The van der Waals surface area contributed by atoms with Crippen LogP contribution >= 0.6 is 0 Å². The van der Waals surface area contributed by atoms with E-state index in [1.165, 1.54) is 52.8 Å². The monoisotopic (exact) mass is 392 g/mol. The second-order valence-corrected chi connectivity index (χ2v) is 8.43. The van der Waals surface area contributed by atoms with Gasteiger partial charge in [0.2, 0.25) is 0 Å². The van der Waals surface area contributed by atoms with Crippen LogP contribution in [0.25, 0.3) is 21.5 Å². The number of hydrogen-bond acceptors (Lipinski definition) is 2. The molecule has 0 N–H and O–H groups in total. The molecule has 30 heavy (non-hydrogen) atoms. The van der Waals surface area contributed by atoms with E-state index in [4.69, 9.17) is 0 Å². The lowest BCUT2D eigenvalue weighted by Crippen LogP contribution is -2.18. The van der Waals surface area contributed by atoms with Crippen molar-refractivity contribution >= 4 is 33.4 Å². The van der Waals surface area contributed by atoms with Crippen LogP contribution in [0.3, 0.4) is 0 Å². The Kier molecular flexibility index (Phi) is 5.33. The third-order valence-electron chi connectivity index (χ3n) is 6.31. The van der Waals surface area contributed by atoms with Crippen molar-refractivity contribution in [3.05, 3.63) is 89.5 Å². The minimum atomic E-state index is 0.939. The van der Waals surface area contributed by atoms with Gasteiger partial charge < -0.3 is 0 Å². The van der Waals surface area contributed by atoms with Gasteiger partial charge in [-0.05, 0) is 77.0 Å². The van der Waals surface area contributed by atoms with E-state index in [-0.39, 0.29) is 0 Å². The van der Waals surface area contributed by atoms with Gasteiger partial charge in [-0.1, -0.05) is 66.7 Å². The lowest BCUT2D eigenvalue weighted by Gasteiger charge is -2.18. The molecule has 1 heterocycles. The Morgan fingerprint density at radius 1 is 0.700 bits per heavy atom. The second kappa shape index (κ2) is 8.41. The van der Waals surface area contributed by atoms with Crippen molar-refractivity contribution in [1.82, 2.24) is 4.90 Å². The normalized spacial score (nSPS) is 15.8. The minimum Gasteiger partial charge on any atom is -0.297 e. The fourth-order valence-corrected chi connectivity index (χ4v) is 4.75. The van der Waals surface area contributed by atoms with E-state index in [0.717, 1.165) is 18.8 Å². The van der Waals surface area contributed by atoms with Gasteiger partial charge in [0.05, 0.1) is 5.69 Å². The number of aliphatic imine (C=N–C) groups is 1. The standard InChI is InChI=1S/C18H16.C10H12N2/c1-3-7-15-13(5-1)9-11-18-16-8-4-2-6-14(16)10-12-17(15)18;1-12-7-6-11-10-5-3-2-4-9(10)8-12/h1,3,5,7,9-12H,2,4,6,8H2;2-6H,7-8H2,1H3. The van der Waals surface area contributed by atoms with Crippen molar-refractivity contribution in [1.29, 1.82) is 0 Å². The molecule has 0 saturated heterocycles. The summed E-state index contributed by atoms with van der Waals surface area (Å²) in [5, 5.41) is 5.64. The number of rotatable bonds is 0. The molecule has 1 aliphatic heterocycles. The van der Waals surface area contributed by atoms with E-state index in [9.17, 15) is 0 Å². The van der Waals surface area contributed by atoms with Gasteiger partial charge in [0.15, 0.2) is 0 Å². The van der Waals surface area contributed by atoms with Crippen molar-refractivity contribution in [2.75, 3.05) is 13.6 Å². The van der Waals surface area contributed by atoms with Crippen LogP contribution in [0.5, 0.6) is 0 Å². The Morgan fingerprint density at radius 3 is 2.47 bits per heavy atom. The number of aryl methyl sites for hydroxylation is 2. The van der Waals surface area contributed by atoms with Crippen LogP contribution in [0, 0.1) is 0 Å². The minimum absolute atomic E-state index is 0.939. The van der Waals surface area contributed by atoms with E-state index >= 15 is 0 Å². The van der Waals surface area contributed by atoms with Crippen molar-refractivity contribution < 1.29 is 0 Å². The first-order chi connectivity index (χ1) is 14.8. The summed E-state index contributed by atoms with van der Waals surface area (Å²) in [7, 11) is 2.11. The molecule has 0 atom stereocenters. The van der Waals surface area contributed by atoms with E-state index in [0.29, 0.717) is 0 Å². The van der Waals surface area contributed by atoms with Crippen molar-refractivity contribution in [2.45, 2.75) is 32.2 Å². The molecule has 0 amide bonds. The number of nitrogens with zero attached hydrogens (tertiary/aromatic N) is 2. The summed E-state index contributed by atoms with van der Waals surface area (Å²) in [6.45, 7) is 1.94. The van der Waals surface area contributed by atoms with E-state index in [1.807, 2.05) is 12.3 Å². The predicted molar refractivity (Wildman–Crippen MR) is 129 cm³/mol. The number of hydrogen-bond donors (Lipinski definition) is 0. The van der Waals surface area contributed by atoms with Gasteiger partial charge in [-0.25, -0.2) is 0 Å². The highest BCUT2D eigenvalue weighted by Crippen LogP contribution is 2.33. The van der Waals surface area contributed by atoms with Crippen molar-refractivity contribution in [3.8, 4) is 0 Å². The Labute approximate surface area is 178 Å². The molecule has 0 unspecified atom stereocenters. The van der Waals surface area contributed by atoms with Crippen LogP contribution in [0.15, 0.2) is 77.8 Å². The third-order valence-corrected chi connectivity index (χ3v) is 6.31. The molecule has 0 fully saturated rings. The highest BCUT2D eigenvalue weighted by atomic mass is 15.1. The van der Waals surface area contributed by atoms with Crippen LogP contribution < -0.4 is 0 Å². The van der Waals surface area contributed by atoms with Gasteiger partial charge in [0.25, 0.3) is 0 Å². The molecular weight excluding hydrogens is 364 g/mol. The zero-order chi connectivity index (χ0) is 20.3. The van der Waals surface area contributed by atoms with E-state index in [1.54, 1.807) is 11.1 Å². The van der Waals surface area contributed by atoms with Gasteiger partial charge in [-0.2, -0.15) is 0 Å². The van der Waals surface area contributed by atoms with Gasteiger partial charge in [-0.15, -0.1) is 0 Å². The summed E-state index contributed by atoms with van der Waals surface area (Å²) in [5.41, 5.74) is 5.60. The lowest BCUT2D eigenvalue weighted by molar-refractivity contribution is 0.380. The van der Waals surface area contributed by atoms with Crippen LogP contribution in [-0.2, 0) is 19.4 Å². The first-order valence-corrected chi connectivity index (χ1v) is 11.0. The summed E-state index contributed by atoms with van der Waals surface area (Å²) < 4.78 is 0. The number of benzene rings is 4. The summed E-state index contributed by atoms with van der Waals surface area (Å²) in [6, 6.07) is 26.3. The molecule has 6 rings (SSSR count). The van der Waals surface area contributed by atoms with E-state index < -0.39 is 0 Å². The predicted octanol–water partition coefficient (Wildman–Crippen LogP) is 6.71. The Balaban J connectivity index is 0.000000140. The fourth-order valence-electron chi connectivity index (χ4n) is 4.75. The molecule has 0 bridgehead atoms. The first kappa shape index (κ1) is 19.0. The topological polar surface area (TPSA) is 15.6 Å². The maximum absolute atomic E-state index is 4.37. The first-order valence-electron chi connectivity index (χ1n) is 11.0. The molecule has 150 valence electrons. The van der Waals surface area contributed by atoms with Crippen LogP contribution in [-0.4, -0.2) is 24.7 Å². The average molecular weight is 393 g/mol. The highest BCUT2D eigenvalue weighted by Gasteiger charge is 2.13. The summed E-state index contributed by atoms with van der Waals surface area (Å²) >= 11 is 0. The zero-order valence-corrected chi connectivity index (χ0v) is 17.6. The molecule has 4 aromatic carbocycles. The van der Waals surface area contributed by atoms with Crippen molar-refractivity contribution in [2.24, 2.45) is 4.99 Å². The molecule has 0 aromatic heterocycles. The largest absolute Gasteiger partial charge is 0.297 e. The molecule has 1 aliphatic carbocycles. The average Bonchev–Trinajstić information content (AvgIpc) is 2.99. The summed E-state index contributed by atoms with van der Waals surface area (Å²) in [6.07, 6.45) is 7.18. The molecule has 0 saturated carbocycles. The third kappa shape index (κ3) is 3.76. The zero-order valence-electron chi connectivity index (χ0n) is 17.6. The SMILES string of the molecule is CN1CC=Nc2ccccc2C1.c1ccc2c(c1)ccc1c3c(ccc12)CCCC3. The molecule has 2 nitrogen and oxygen atoms in total. The molecule has 0 radical (unpaired) electrons.